The van der Waals surface area contributed by atoms with Gasteiger partial charge < -0.3 is 31.5 Å². The number of fused-ring (bicyclic) bond motifs is 3. The first-order valence-electron chi connectivity index (χ1n) is 11.5. The first-order chi connectivity index (χ1) is 17.6. The number of amides is 2. The topological polar surface area (TPSA) is 200 Å². The number of carbonyl (C=O) groups is 4. The normalized spacial score (nSPS) is 24.8. The maximum absolute atomic E-state index is 13.5. The maximum atomic E-state index is 13.5. The molecule has 0 bridgehead atoms. The lowest BCUT2D eigenvalue weighted by Gasteiger charge is -2.46. The first kappa shape index (κ1) is 24.2. The zero-order valence-corrected chi connectivity index (χ0v) is 19.4. The molecule has 0 aliphatic heterocycles. The van der Waals surface area contributed by atoms with Gasteiger partial charge in [0.2, 0.25) is 5.78 Å². The van der Waals surface area contributed by atoms with Crippen LogP contribution in [-0.2, 0) is 27.3 Å². The highest BCUT2D eigenvalue weighted by molar-refractivity contribution is 6.22. The Morgan fingerprint density at radius 3 is 2.57 bits per heavy atom. The Morgan fingerprint density at radius 1 is 1.14 bits per heavy atom. The van der Waals surface area contributed by atoms with Crippen molar-refractivity contribution < 1.29 is 39.6 Å². The Labute approximate surface area is 209 Å². The number of Topliss-reactive ketones (excluding diaryl/α,β-unsaturated/α-hetero) is 2. The minimum absolute atomic E-state index is 0.0275. The third-order valence-electron chi connectivity index (χ3n) is 7.41. The van der Waals surface area contributed by atoms with E-state index in [0.717, 1.165) is 0 Å². The van der Waals surface area contributed by atoms with Crippen molar-refractivity contribution in [3.8, 4) is 5.75 Å². The highest BCUT2D eigenvalue weighted by atomic mass is 16.3. The molecule has 3 aliphatic carbocycles. The summed E-state index contributed by atoms with van der Waals surface area (Å²) in [6.45, 7) is 0.0525. The fourth-order valence-electron chi connectivity index (χ4n) is 5.63. The number of nitrogens with one attached hydrogen (secondary N) is 1. The lowest BCUT2D eigenvalue weighted by molar-refractivity contribution is -0.147. The van der Waals surface area contributed by atoms with Crippen molar-refractivity contribution in [2.75, 3.05) is 0 Å². The maximum Gasteiger partial charge on any atom is 0.255 e. The number of hydrogen-bond donors (Lipinski definition) is 6. The minimum atomic E-state index is -2.61. The summed E-state index contributed by atoms with van der Waals surface area (Å²) in [5.41, 5.74) is 2.93. The smallest absolute Gasteiger partial charge is 0.255 e. The quantitative estimate of drug-likeness (QED) is 0.324. The number of primary amides is 1. The summed E-state index contributed by atoms with van der Waals surface area (Å²) in [6.07, 6.45) is 2.74. The fourth-order valence-corrected chi connectivity index (χ4v) is 5.63. The Kier molecular flexibility index (Phi) is 5.60. The third-order valence-corrected chi connectivity index (χ3v) is 7.41. The van der Waals surface area contributed by atoms with E-state index in [4.69, 9.17) is 5.73 Å². The molecular formula is C26H23N3O8. The zero-order chi connectivity index (χ0) is 26.6. The van der Waals surface area contributed by atoms with Crippen molar-refractivity contribution in [3.05, 3.63) is 75.8 Å². The molecule has 1 fully saturated rings. The molecule has 2 aromatic rings. The molecule has 0 radical (unpaired) electrons. The van der Waals surface area contributed by atoms with E-state index in [-0.39, 0.29) is 42.2 Å². The molecule has 1 aromatic carbocycles. The largest absolute Gasteiger partial charge is 0.508 e. The van der Waals surface area contributed by atoms with Crippen molar-refractivity contribution >= 4 is 29.1 Å². The Balaban J connectivity index is 1.55. The van der Waals surface area contributed by atoms with Crippen LogP contribution in [0, 0.1) is 11.8 Å². The predicted molar refractivity (Wildman–Crippen MR) is 127 cm³/mol. The lowest BCUT2D eigenvalue weighted by Crippen LogP contribution is -2.58. The van der Waals surface area contributed by atoms with Crippen LogP contribution in [0.2, 0.25) is 0 Å². The molecule has 2 amide bonds. The summed E-state index contributed by atoms with van der Waals surface area (Å²) in [4.78, 5) is 54.1. The van der Waals surface area contributed by atoms with E-state index in [1.807, 2.05) is 0 Å². The first-order valence-corrected chi connectivity index (χ1v) is 11.5. The monoisotopic (exact) mass is 505 g/mol. The number of aromatic nitrogens is 1. The average Bonchev–Trinajstić information content (AvgIpc) is 2.86. The summed E-state index contributed by atoms with van der Waals surface area (Å²) in [5, 5.41) is 46.3. The number of rotatable bonds is 4. The predicted octanol–water partition coefficient (Wildman–Crippen LogP) is 0.749. The van der Waals surface area contributed by atoms with E-state index in [9.17, 15) is 39.6 Å². The molecule has 11 heteroatoms. The van der Waals surface area contributed by atoms with Crippen LogP contribution in [0.15, 0.2) is 53.6 Å². The summed E-state index contributed by atoms with van der Waals surface area (Å²) < 4.78 is 0. The molecule has 3 unspecified atom stereocenters. The van der Waals surface area contributed by atoms with Crippen molar-refractivity contribution in [2.24, 2.45) is 17.6 Å². The molecule has 11 nitrogen and oxygen atoms in total. The number of aliphatic hydroxyl groups excluding tert-OH is 2. The Bertz CT molecular complexity index is 1450. The summed E-state index contributed by atoms with van der Waals surface area (Å²) >= 11 is 0. The Morgan fingerprint density at radius 2 is 1.89 bits per heavy atom. The number of nitrogens with two attached hydrogens (primary N) is 1. The molecule has 1 heterocycles. The summed E-state index contributed by atoms with van der Waals surface area (Å²) in [7, 11) is 0. The number of ketones is 2. The van der Waals surface area contributed by atoms with Crippen LogP contribution in [0.4, 0.5) is 0 Å². The molecule has 0 spiro atoms. The molecule has 190 valence electrons. The van der Waals surface area contributed by atoms with Crippen molar-refractivity contribution in [1.82, 2.24) is 10.3 Å². The van der Waals surface area contributed by atoms with E-state index in [2.05, 4.69) is 10.3 Å². The summed E-state index contributed by atoms with van der Waals surface area (Å²) in [5.74, 6) is -7.21. The number of benzene rings is 1. The van der Waals surface area contributed by atoms with Gasteiger partial charge in [-0.3, -0.25) is 24.2 Å². The van der Waals surface area contributed by atoms with Gasteiger partial charge in [-0.25, -0.2) is 0 Å². The number of nitrogens with zero attached hydrogens (tertiary/aromatic N) is 1. The van der Waals surface area contributed by atoms with E-state index in [1.165, 1.54) is 18.5 Å². The second kappa shape index (κ2) is 8.56. The number of pyridine rings is 1. The Hall–Kier alpha value is -4.51. The van der Waals surface area contributed by atoms with Gasteiger partial charge in [-0.05, 0) is 48.1 Å². The molecule has 37 heavy (non-hydrogen) atoms. The van der Waals surface area contributed by atoms with Gasteiger partial charge in [-0.2, -0.15) is 0 Å². The standard InChI is InChI=1S/C26H23N3O8/c27-24(35)20-17(31)8-14-6-13-7-15-11(10-29-25(36)12-2-1-5-28-9-12)3-4-16(30)19(15)21(32)18(13)22(33)26(14,37)23(20)34/h1-5,9,13-14,30,32,34,37H,6-8,10H2,(H2,27,35)(H,29,36). The average molecular weight is 505 g/mol. The number of hydrogen-bond acceptors (Lipinski definition) is 9. The van der Waals surface area contributed by atoms with Gasteiger partial charge in [-0.15, -0.1) is 0 Å². The summed E-state index contributed by atoms with van der Waals surface area (Å²) in [6, 6.07) is 6.13. The highest BCUT2D eigenvalue weighted by Crippen LogP contribution is 2.52. The molecule has 1 aromatic heterocycles. The third kappa shape index (κ3) is 3.58. The van der Waals surface area contributed by atoms with Crippen LogP contribution >= 0.6 is 0 Å². The number of phenolic OH excluding ortho intramolecular Hbond substituents is 1. The SMILES string of the molecule is NC(=O)C1=C(O)C2(O)C(=O)C3=C(O)c4c(O)ccc(CNC(=O)c5cccnc5)c4CC3CC2CC1=O. The van der Waals surface area contributed by atoms with E-state index in [0.29, 0.717) is 16.7 Å². The van der Waals surface area contributed by atoms with Gasteiger partial charge >= 0.3 is 0 Å². The van der Waals surface area contributed by atoms with Gasteiger partial charge in [-0.1, -0.05) is 6.07 Å². The number of aliphatic hydroxyl groups is 3. The molecule has 0 saturated heterocycles. The number of carbonyl (C=O) groups excluding carboxylic acids is 4. The second-order valence-corrected chi connectivity index (χ2v) is 9.43. The van der Waals surface area contributed by atoms with Crippen LogP contribution in [0.5, 0.6) is 5.75 Å². The minimum Gasteiger partial charge on any atom is -0.508 e. The molecule has 3 atom stereocenters. The van der Waals surface area contributed by atoms with E-state index < -0.39 is 58.4 Å². The lowest BCUT2D eigenvalue weighted by atomic mass is 9.59. The molecule has 1 saturated carbocycles. The zero-order valence-electron chi connectivity index (χ0n) is 19.4. The second-order valence-electron chi connectivity index (χ2n) is 9.43. The van der Waals surface area contributed by atoms with E-state index in [1.54, 1.807) is 18.2 Å². The highest BCUT2D eigenvalue weighted by Gasteiger charge is 2.60. The number of phenols is 1. The molecule has 3 aliphatic rings. The molecule has 5 rings (SSSR count). The van der Waals surface area contributed by atoms with E-state index >= 15 is 0 Å². The molecular weight excluding hydrogens is 482 g/mol. The van der Waals surface area contributed by atoms with Gasteiger partial charge in [0.25, 0.3) is 11.8 Å². The van der Waals surface area contributed by atoms with Crippen LogP contribution in [-0.4, -0.2) is 54.4 Å². The van der Waals surface area contributed by atoms with Crippen LogP contribution < -0.4 is 11.1 Å². The van der Waals surface area contributed by atoms with Crippen LogP contribution in [0.25, 0.3) is 5.76 Å². The van der Waals surface area contributed by atoms with Gasteiger partial charge in [0.1, 0.15) is 22.8 Å². The van der Waals surface area contributed by atoms with Crippen molar-refractivity contribution in [3.63, 3.8) is 0 Å². The molecule has 7 N–H and O–H groups in total. The fraction of sp³-hybridized carbons (Fsp3) is 0.269. The van der Waals surface area contributed by atoms with Gasteiger partial charge in [0.05, 0.1) is 11.1 Å². The number of aromatic hydroxyl groups is 1. The van der Waals surface area contributed by atoms with Crippen LogP contribution in [0.3, 0.4) is 0 Å². The van der Waals surface area contributed by atoms with Gasteiger partial charge in [0.15, 0.2) is 11.4 Å². The van der Waals surface area contributed by atoms with Crippen LogP contribution in [0.1, 0.15) is 39.9 Å². The van der Waals surface area contributed by atoms with Crippen molar-refractivity contribution in [1.29, 1.82) is 0 Å². The van der Waals surface area contributed by atoms with Crippen molar-refractivity contribution in [2.45, 2.75) is 31.4 Å². The van der Waals surface area contributed by atoms with Gasteiger partial charge in [0, 0.05) is 36.9 Å².